The highest BCUT2D eigenvalue weighted by atomic mass is 16.6. The smallest absolute Gasteiger partial charge is 0.306 e. The second-order valence-electron chi connectivity index (χ2n) is 6.63. The van der Waals surface area contributed by atoms with E-state index in [0.717, 1.165) is 19.3 Å². The summed E-state index contributed by atoms with van der Waals surface area (Å²) < 4.78 is 5.30. The quantitative estimate of drug-likeness (QED) is 0.692. The minimum Gasteiger partial charge on any atom is -0.460 e. The van der Waals surface area contributed by atoms with Crippen LogP contribution in [0.4, 0.5) is 0 Å². The number of Topliss-reactive ketones (excluding diaryl/α,β-unsaturated/α-hetero) is 1. The highest BCUT2D eigenvalue weighted by Crippen LogP contribution is 2.75. The van der Waals surface area contributed by atoms with Crippen LogP contribution in [0.25, 0.3) is 0 Å². The van der Waals surface area contributed by atoms with Gasteiger partial charge >= 0.3 is 5.97 Å². The molecule has 0 aliphatic heterocycles. The second kappa shape index (κ2) is 3.08. The van der Waals surface area contributed by atoms with Gasteiger partial charge in [-0.05, 0) is 52.4 Å². The summed E-state index contributed by atoms with van der Waals surface area (Å²) in [6.07, 6.45) is 3.18. The van der Waals surface area contributed by atoms with Gasteiger partial charge in [-0.2, -0.15) is 0 Å². The molecule has 0 atom stereocenters. The predicted octanol–water partition coefficient (Wildman–Crippen LogP) is 2.48. The molecule has 3 aliphatic carbocycles. The molecule has 2 bridgehead atoms. The molecule has 0 heterocycles. The van der Waals surface area contributed by atoms with E-state index in [0.29, 0.717) is 12.2 Å². The lowest BCUT2D eigenvalue weighted by Crippen LogP contribution is -2.65. The van der Waals surface area contributed by atoms with Crippen LogP contribution in [0.1, 0.15) is 53.4 Å². The highest BCUT2D eigenvalue weighted by molar-refractivity contribution is 5.87. The third kappa shape index (κ3) is 1.76. The van der Waals surface area contributed by atoms with E-state index in [-0.39, 0.29) is 16.8 Å². The summed E-state index contributed by atoms with van der Waals surface area (Å²) >= 11 is 0. The fourth-order valence-corrected chi connectivity index (χ4v) is 3.24. The van der Waals surface area contributed by atoms with Crippen molar-refractivity contribution in [1.82, 2.24) is 0 Å². The molecule has 3 fully saturated rings. The zero-order valence-corrected chi connectivity index (χ0v) is 10.6. The summed E-state index contributed by atoms with van der Waals surface area (Å²) in [6, 6.07) is 0. The Bertz CT molecular complexity index is 329. The summed E-state index contributed by atoms with van der Waals surface area (Å²) in [5.41, 5.74) is -0.352. The molecule has 0 saturated heterocycles. The summed E-state index contributed by atoms with van der Waals surface area (Å²) in [6.45, 7) is 7.30. The first-order valence-electron chi connectivity index (χ1n) is 5.89. The topological polar surface area (TPSA) is 43.4 Å². The SMILES string of the molecule is CC(=O)C12CC(CC(=O)OC(C)(C)C)(C1)C2. The van der Waals surface area contributed by atoms with Gasteiger partial charge in [0.15, 0.2) is 0 Å². The summed E-state index contributed by atoms with van der Waals surface area (Å²) in [7, 11) is 0. The number of carbonyl (C=O) groups excluding carboxylic acids is 2. The molecule has 3 nitrogen and oxygen atoms in total. The molecule has 0 spiro atoms. The van der Waals surface area contributed by atoms with Gasteiger partial charge in [0.1, 0.15) is 11.4 Å². The van der Waals surface area contributed by atoms with Crippen LogP contribution in [0.2, 0.25) is 0 Å². The monoisotopic (exact) mass is 224 g/mol. The van der Waals surface area contributed by atoms with Gasteiger partial charge in [0.05, 0.1) is 6.42 Å². The number of hydrogen-bond acceptors (Lipinski definition) is 3. The molecule has 0 aromatic heterocycles. The van der Waals surface area contributed by atoms with Crippen molar-refractivity contribution in [2.24, 2.45) is 10.8 Å². The molecule has 3 saturated carbocycles. The van der Waals surface area contributed by atoms with E-state index in [9.17, 15) is 9.59 Å². The summed E-state index contributed by atoms with van der Waals surface area (Å²) in [5, 5.41) is 0. The lowest BCUT2D eigenvalue weighted by molar-refractivity contribution is -0.214. The molecule has 0 aromatic rings. The molecule has 0 N–H and O–H groups in total. The average molecular weight is 224 g/mol. The van der Waals surface area contributed by atoms with Crippen LogP contribution in [0.15, 0.2) is 0 Å². The van der Waals surface area contributed by atoms with E-state index in [1.54, 1.807) is 6.92 Å². The van der Waals surface area contributed by atoms with Gasteiger partial charge in [-0.15, -0.1) is 0 Å². The van der Waals surface area contributed by atoms with Crippen molar-refractivity contribution < 1.29 is 14.3 Å². The molecule has 0 radical (unpaired) electrons. The minimum absolute atomic E-state index is 0.0536. The highest BCUT2D eigenvalue weighted by Gasteiger charge is 2.70. The Hall–Kier alpha value is -0.860. The maximum Gasteiger partial charge on any atom is 0.306 e. The maximum atomic E-state index is 11.7. The van der Waals surface area contributed by atoms with E-state index in [1.807, 2.05) is 20.8 Å². The number of ether oxygens (including phenoxy) is 1. The summed E-state index contributed by atoms with van der Waals surface area (Å²) in [4.78, 5) is 23.0. The van der Waals surface area contributed by atoms with E-state index in [1.165, 1.54) is 0 Å². The van der Waals surface area contributed by atoms with Crippen LogP contribution >= 0.6 is 0 Å². The number of ketones is 1. The van der Waals surface area contributed by atoms with E-state index >= 15 is 0 Å². The van der Waals surface area contributed by atoms with Crippen molar-refractivity contribution >= 4 is 11.8 Å². The lowest BCUT2D eigenvalue weighted by Gasteiger charge is -2.69. The Morgan fingerprint density at radius 2 is 1.69 bits per heavy atom. The first-order chi connectivity index (χ1) is 7.17. The molecule has 0 unspecified atom stereocenters. The Morgan fingerprint density at radius 1 is 1.19 bits per heavy atom. The van der Waals surface area contributed by atoms with Gasteiger partial charge in [-0.1, -0.05) is 0 Å². The largest absolute Gasteiger partial charge is 0.460 e. The Balaban J connectivity index is 1.83. The van der Waals surface area contributed by atoms with Crippen molar-refractivity contribution in [1.29, 1.82) is 0 Å². The Kier molecular flexibility index (Phi) is 2.24. The van der Waals surface area contributed by atoms with Crippen LogP contribution in [0, 0.1) is 10.8 Å². The van der Waals surface area contributed by atoms with E-state index < -0.39 is 5.60 Å². The minimum atomic E-state index is -0.404. The molecule has 16 heavy (non-hydrogen) atoms. The number of rotatable bonds is 3. The normalized spacial score (nSPS) is 36.0. The molecule has 3 heteroatoms. The first kappa shape index (κ1) is 11.6. The molecule has 90 valence electrons. The average Bonchev–Trinajstić information content (AvgIpc) is 1.88. The predicted molar refractivity (Wildman–Crippen MR) is 59.9 cm³/mol. The second-order valence-corrected chi connectivity index (χ2v) is 6.63. The van der Waals surface area contributed by atoms with Crippen molar-refractivity contribution in [2.45, 2.75) is 59.0 Å². The fraction of sp³-hybridized carbons (Fsp3) is 0.846. The van der Waals surface area contributed by atoms with Crippen LogP contribution < -0.4 is 0 Å². The fourth-order valence-electron chi connectivity index (χ4n) is 3.24. The maximum absolute atomic E-state index is 11.7. The van der Waals surface area contributed by atoms with Crippen LogP contribution in [-0.2, 0) is 14.3 Å². The van der Waals surface area contributed by atoms with Crippen molar-refractivity contribution in [3.8, 4) is 0 Å². The number of carbonyl (C=O) groups is 2. The van der Waals surface area contributed by atoms with Crippen molar-refractivity contribution in [3.63, 3.8) is 0 Å². The van der Waals surface area contributed by atoms with Crippen molar-refractivity contribution in [2.75, 3.05) is 0 Å². The Morgan fingerprint density at radius 3 is 2.06 bits per heavy atom. The molecule has 3 rings (SSSR count). The summed E-state index contributed by atoms with van der Waals surface area (Å²) in [5.74, 6) is 0.169. The zero-order valence-electron chi connectivity index (χ0n) is 10.6. The van der Waals surface area contributed by atoms with Crippen molar-refractivity contribution in [3.05, 3.63) is 0 Å². The number of hydrogen-bond donors (Lipinski definition) is 0. The van der Waals surface area contributed by atoms with E-state index in [2.05, 4.69) is 0 Å². The van der Waals surface area contributed by atoms with Gasteiger partial charge in [-0.25, -0.2) is 0 Å². The zero-order chi connectivity index (χ0) is 12.2. The molecule has 3 aliphatic rings. The van der Waals surface area contributed by atoms with Gasteiger partial charge in [0, 0.05) is 5.41 Å². The van der Waals surface area contributed by atoms with E-state index in [4.69, 9.17) is 4.74 Å². The molecular formula is C13H20O3. The number of esters is 1. The van der Waals surface area contributed by atoms with Crippen LogP contribution in [0.3, 0.4) is 0 Å². The molecule has 0 aromatic carbocycles. The molecular weight excluding hydrogens is 204 g/mol. The van der Waals surface area contributed by atoms with Gasteiger partial charge < -0.3 is 4.74 Å². The van der Waals surface area contributed by atoms with Gasteiger partial charge in [0.2, 0.25) is 0 Å². The van der Waals surface area contributed by atoms with Gasteiger partial charge in [-0.3, -0.25) is 9.59 Å². The first-order valence-corrected chi connectivity index (χ1v) is 5.89. The third-order valence-corrected chi connectivity index (χ3v) is 3.83. The standard InChI is InChI=1S/C13H20O3/c1-9(14)13-6-12(7-13,8-13)5-10(15)16-11(2,3)4/h5-8H2,1-4H3. The lowest BCUT2D eigenvalue weighted by atomic mass is 9.33. The van der Waals surface area contributed by atoms with Crippen LogP contribution in [-0.4, -0.2) is 17.4 Å². The van der Waals surface area contributed by atoms with Crippen LogP contribution in [0.5, 0.6) is 0 Å². The van der Waals surface area contributed by atoms with Gasteiger partial charge in [0.25, 0.3) is 0 Å². The third-order valence-electron chi connectivity index (χ3n) is 3.83. The Labute approximate surface area is 96.5 Å². The molecule has 0 amide bonds.